The van der Waals surface area contributed by atoms with Gasteiger partial charge in [-0.25, -0.2) is 0 Å². The van der Waals surface area contributed by atoms with E-state index < -0.39 is 0 Å². The molecule has 0 aromatic heterocycles. The highest BCUT2D eigenvalue weighted by atomic mass is 15.0. The Hall–Kier alpha value is -0.520. The molecule has 0 saturated carbocycles. The Bertz CT molecular complexity index is 172. The fourth-order valence-corrected chi connectivity index (χ4v) is 1.46. The second-order valence-electron chi connectivity index (χ2n) is 4.10. The van der Waals surface area contributed by atoms with Crippen LogP contribution in [-0.2, 0) is 0 Å². The highest BCUT2D eigenvalue weighted by molar-refractivity contribution is 4.89. The summed E-state index contributed by atoms with van der Waals surface area (Å²) in [6, 6.07) is 0. The van der Waals surface area contributed by atoms with Crippen LogP contribution in [0.15, 0.2) is 0 Å². The molecule has 0 radical (unpaired) electrons. The maximum atomic E-state index is 5.76. The molecule has 0 aromatic rings. The maximum absolute atomic E-state index is 5.76. The first kappa shape index (κ1) is 13.5. The smallest absolute Gasteiger partial charge is 0.0276 e. The standard InChI is InChI=1S/C12H24N2/c1-4-6-8-9-12(3,11-13)14-10-7-5-2/h2,14H,4,6-11,13H2,1,3H3. The molecule has 0 fully saturated rings. The average Bonchev–Trinajstić information content (AvgIpc) is 2.19. The molecule has 14 heavy (non-hydrogen) atoms. The van der Waals surface area contributed by atoms with Crippen molar-refractivity contribution in [2.75, 3.05) is 13.1 Å². The summed E-state index contributed by atoms with van der Waals surface area (Å²) in [6.45, 7) is 5.95. The quantitative estimate of drug-likeness (QED) is 0.459. The monoisotopic (exact) mass is 196 g/mol. The van der Waals surface area contributed by atoms with Gasteiger partial charge in [0.1, 0.15) is 0 Å². The molecule has 2 nitrogen and oxygen atoms in total. The van der Waals surface area contributed by atoms with Crippen LogP contribution in [0, 0.1) is 12.3 Å². The molecule has 0 saturated heterocycles. The zero-order valence-corrected chi connectivity index (χ0v) is 9.60. The summed E-state index contributed by atoms with van der Waals surface area (Å²) in [5.74, 6) is 2.63. The van der Waals surface area contributed by atoms with Crippen molar-refractivity contribution in [3.8, 4) is 12.3 Å². The van der Waals surface area contributed by atoms with Crippen LogP contribution >= 0.6 is 0 Å². The first-order valence-electron chi connectivity index (χ1n) is 5.57. The molecular weight excluding hydrogens is 172 g/mol. The molecule has 0 amide bonds. The van der Waals surface area contributed by atoms with Crippen LogP contribution in [0.5, 0.6) is 0 Å². The van der Waals surface area contributed by atoms with Crippen molar-refractivity contribution in [2.45, 2.75) is 51.5 Å². The Morgan fingerprint density at radius 1 is 1.43 bits per heavy atom. The minimum atomic E-state index is 0.0754. The van der Waals surface area contributed by atoms with Gasteiger partial charge in [-0.2, -0.15) is 0 Å². The molecule has 0 spiro atoms. The van der Waals surface area contributed by atoms with E-state index in [9.17, 15) is 0 Å². The predicted molar refractivity (Wildman–Crippen MR) is 63.1 cm³/mol. The molecule has 0 aliphatic carbocycles. The van der Waals surface area contributed by atoms with Crippen molar-refractivity contribution in [1.29, 1.82) is 0 Å². The van der Waals surface area contributed by atoms with Gasteiger partial charge in [-0.3, -0.25) is 0 Å². The molecule has 0 aliphatic rings. The van der Waals surface area contributed by atoms with E-state index in [0.29, 0.717) is 6.54 Å². The highest BCUT2D eigenvalue weighted by Crippen LogP contribution is 2.13. The number of terminal acetylenes is 1. The van der Waals surface area contributed by atoms with E-state index in [1.165, 1.54) is 19.3 Å². The molecule has 0 heterocycles. The summed E-state index contributed by atoms with van der Waals surface area (Å²) >= 11 is 0. The molecule has 1 atom stereocenters. The lowest BCUT2D eigenvalue weighted by Gasteiger charge is -2.29. The summed E-state index contributed by atoms with van der Waals surface area (Å²) in [4.78, 5) is 0. The van der Waals surface area contributed by atoms with Gasteiger partial charge in [-0.05, 0) is 13.3 Å². The van der Waals surface area contributed by atoms with Crippen LogP contribution in [0.1, 0.15) is 46.0 Å². The van der Waals surface area contributed by atoms with Crippen LogP contribution in [0.4, 0.5) is 0 Å². The van der Waals surface area contributed by atoms with E-state index in [1.807, 2.05) is 0 Å². The number of rotatable bonds is 8. The second kappa shape index (κ2) is 7.84. The Labute approximate surface area is 88.6 Å². The molecule has 0 aliphatic heterocycles. The molecule has 0 aromatic carbocycles. The first-order chi connectivity index (χ1) is 6.68. The zero-order valence-electron chi connectivity index (χ0n) is 9.60. The fraction of sp³-hybridized carbons (Fsp3) is 0.833. The van der Waals surface area contributed by atoms with Crippen LogP contribution < -0.4 is 11.1 Å². The predicted octanol–water partition coefficient (Wildman–Crippen LogP) is 1.90. The van der Waals surface area contributed by atoms with Gasteiger partial charge >= 0.3 is 0 Å². The maximum Gasteiger partial charge on any atom is 0.0276 e. The Morgan fingerprint density at radius 3 is 2.64 bits per heavy atom. The molecule has 1 unspecified atom stereocenters. The Kier molecular flexibility index (Phi) is 7.55. The lowest BCUT2D eigenvalue weighted by molar-refractivity contribution is 0.331. The minimum Gasteiger partial charge on any atom is -0.329 e. The number of unbranched alkanes of at least 4 members (excludes halogenated alkanes) is 2. The van der Waals surface area contributed by atoms with Gasteiger partial charge in [0.25, 0.3) is 0 Å². The SMILES string of the molecule is C#CCCNC(C)(CN)CCCCC. The second-order valence-corrected chi connectivity index (χ2v) is 4.10. The van der Waals surface area contributed by atoms with E-state index >= 15 is 0 Å². The molecular formula is C12H24N2. The number of hydrogen-bond acceptors (Lipinski definition) is 2. The molecule has 3 N–H and O–H groups in total. The number of hydrogen-bond donors (Lipinski definition) is 2. The van der Waals surface area contributed by atoms with Gasteiger partial charge in [-0.15, -0.1) is 12.3 Å². The van der Waals surface area contributed by atoms with Gasteiger partial charge < -0.3 is 11.1 Å². The average molecular weight is 196 g/mol. The van der Waals surface area contributed by atoms with Gasteiger partial charge in [0, 0.05) is 25.0 Å². The molecule has 82 valence electrons. The van der Waals surface area contributed by atoms with Crippen LogP contribution in [0.3, 0.4) is 0 Å². The first-order valence-corrected chi connectivity index (χ1v) is 5.57. The summed E-state index contributed by atoms with van der Waals surface area (Å²) in [5.41, 5.74) is 5.83. The number of nitrogens with one attached hydrogen (secondary N) is 1. The Balaban J connectivity index is 3.74. The van der Waals surface area contributed by atoms with E-state index in [0.717, 1.165) is 19.4 Å². The van der Waals surface area contributed by atoms with Crippen LogP contribution in [-0.4, -0.2) is 18.6 Å². The lowest BCUT2D eigenvalue weighted by atomic mass is 9.94. The summed E-state index contributed by atoms with van der Waals surface area (Å²) < 4.78 is 0. The lowest BCUT2D eigenvalue weighted by Crippen LogP contribution is -2.48. The van der Waals surface area contributed by atoms with E-state index in [-0.39, 0.29) is 5.54 Å². The third kappa shape index (κ3) is 6.01. The zero-order chi connectivity index (χ0) is 10.9. The summed E-state index contributed by atoms with van der Waals surface area (Å²) in [6.07, 6.45) is 10.9. The molecule has 0 bridgehead atoms. The van der Waals surface area contributed by atoms with Crippen molar-refractivity contribution < 1.29 is 0 Å². The van der Waals surface area contributed by atoms with Crippen LogP contribution in [0.2, 0.25) is 0 Å². The van der Waals surface area contributed by atoms with E-state index in [1.54, 1.807) is 0 Å². The van der Waals surface area contributed by atoms with E-state index in [4.69, 9.17) is 12.2 Å². The van der Waals surface area contributed by atoms with Gasteiger partial charge in [0.15, 0.2) is 0 Å². The topological polar surface area (TPSA) is 38.0 Å². The minimum absolute atomic E-state index is 0.0754. The van der Waals surface area contributed by atoms with Gasteiger partial charge in [0.2, 0.25) is 0 Å². The molecule has 2 heteroatoms. The van der Waals surface area contributed by atoms with Gasteiger partial charge in [-0.1, -0.05) is 26.2 Å². The molecule has 0 rings (SSSR count). The largest absolute Gasteiger partial charge is 0.329 e. The van der Waals surface area contributed by atoms with Crippen molar-refractivity contribution in [1.82, 2.24) is 5.32 Å². The third-order valence-electron chi connectivity index (χ3n) is 2.60. The van der Waals surface area contributed by atoms with E-state index in [2.05, 4.69) is 25.1 Å². The van der Waals surface area contributed by atoms with Crippen molar-refractivity contribution in [3.05, 3.63) is 0 Å². The van der Waals surface area contributed by atoms with Gasteiger partial charge in [0.05, 0.1) is 0 Å². The Morgan fingerprint density at radius 2 is 2.14 bits per heavy atom. The third-order valence-corrected chi connectivity index (χ3v) is 2.60. The summed E-state index contributed by atoms with van der Waals surface area (Å²) in [7, 11) is 0. The van der Waals surface area contributed by atoms with Crippen molar-refractivity contribution in [2.24, 2.45) is 5.73 Å². The highest BCUT2D eigenvalue weighted by Gasteiger charge is 2.19. The van der Waals surface area contributed by atoms with Crippen molar-refractivity contribution in [3.63, 3.8) is 0 Å². The van der Waals surface area contributed by atoms with Crippen molar-refractivity contribution >= 4 is 0 Å². The fourth-order valence-electron chi connectivity index (χ4n) is 1.46. The normalized spacial score (nSPS) is 14.7. The van der Waals surface area contributed by atoms with Crippen LogP contribution in [0.25, 0.3) is 0 Å². The number of nitrogens with two attached hydrogens (primary N) is 1. The summed E-state index contributed by atoms with van der Waals surface area (Å²) in [5, 5.41) is 3.44.